The number of carbonyl (C=O) groups is 2. The fraction of sp³-hybridized carbons (Fsp3) is 0.741. The Morgan fingerprint density at radius 2 is 0.983 bits per heavy atom. The Morgan fingerprint density at radius 1 is 0.517 bits per heavy atom. The van der Waals surface area contributed by atoms with Crippen LogP contribution in [-0.4, -0.2) is 46.9 Å². The van der Waals surface area contributed by atoms with Crippen LogP contribution in [0.3, 0.4) is 0 Å². The molecule has 0 aliphatic heterocycles. The van der Waals surface area contributed by atoms with E-state index in [4.69, 9.17) is 4.74 Å². The summed E-state index contributed by atoms with van der Waals surface area (Å²) in [5.41, 5.74) is 0. The van der Waals surface area contributed by atoms with Crippen molar-refractivity contribution in [3.8, 4) is 0 Å². The molecule has 0 aromatic rings. The maximum absolute atomic E-state index is 13.2. The number of aliphatic hydroxyl groups is 2. The van der Waals surface area contributed by atoms with Gasteiger partial charge in [0.25, 0.3) is 0 Å². The average molecular weight is 838 g/mol. The highest BCUT2D eigenvalue weighted by molar-refractivity contribution is 5.77. The van der Waals surface area contributed by atoms with Crippen molar-refractivity contribution in [1.82, 2.24) is 5.32 Å². The summed E-state index contributed by atoms with van der Waals surface area (Å²) in [5, 5.41) is 23.7. The summed E-state index contributed by atoms with van der Waals surface area (Å²) in [6.07, 6.45) is 59.6. The minimum Gasteiger partial charge on any atom is -0.462 e. The van der Waals surface area contributed by atoms with Crippen molar-refractivity contribution in [3.63, 3.8) is 0 Å². The van der Waals surface area contributed by atoms with Crippen LogP contribution >= 0.6 is 0 Å². The Hall–Kier alpha value is -2.70. The molecule has 6 nitrogen and oxygen atoms in total. The molecule has 0 aromatic carbocycles. The highest BCUT2D eigenvalue weighted by Gasteiger charge is 2.24. The molecule has 3 unspecified atom stereocenters. The van der Waals surface area contributed by atoms with E-state index < -0.39 is 18.2 Å². The molecule has 0 aromatic heterocycles. The van der Waals surface area contributed by atoms with Gasteiger partial charge in [-0.1, -0.05) is 216 Å². The number of rotatable bonds is 44. The fourth-order valence-electron chi connectivity index (χ4n) is 7.33. The molecule has 0 aliphatic rings. The second-order valence-electron chi connectivity index (χ2n) is 16.9. The van der Waals surface area contributed by atoms with Gasteiger partial charge in [0.2, 0.25) is 5.91 Å². The summed E-state index contributed by atoms with van der Waals surface area (Å²) >= 11 is 0. The Balaban J connectivity index is 4.61. The molecule has 0 aliphatic carbocycles. The van der Waals surface area contributed by atoms with Gasteiger partial charge >= 0.3 is 5.97 Å². The number of aliphatic hydroxyl groups excluding tert-OH is 2. The summed E-state index contributed by atoms with van der Waals surface area (Å²) in [6.45, 7) is 6.22. The smallest absolute Gasteiger partial charge is 0.306 e. The van der Waals surface area contributed by atoms with Crippen LogP contribution in [0.25, 0.3) is 0 Å². The van der Waals surface area contributed by atoms with Crippen molar-refractivity contribution in [2.24, 2.45) is 0 Å². The van der Waals surface area contributed by atoms with Gasteiger partial charge in [0.1, 0.15) is 6.10 Å². The molecule has 60 heavy (non-hydrogen) atoms. The number of hydrogen-bond donors (Lipinski definition) is 3. The number of esters is 1. The Morgan fingerprint density at radius 3 is 1.57 bits per heavy atom. The highest BCUT2D eigenvalue weighted by atomic mass is 16.5. The third-order valence-electron chi connectivity index (χ3n) is 11.1. The zero-order valence-electron chi connectivity index (χ0n) is 39.3. The first-order valence-electron chi connectivity index (χ1n) is 25.2. The topological polar surface area (TPSA) is 95.9 Å². The molecule has 3 N–H and O–H groups in total. The van der Waals surface area contributed by atoms with E-state index in [-0.39, 0.29) is 24.9 Å². The second kappa shape index (κ2) is 47.4. The fourth-order valence-corrected chi connectivity index (χ4v) is 7.33. The number of hydrogen-bond acceptors (Lipinski definition) is 5. The molecular formula is C54H95NO5. The molecule has 346 valence electrons. The van der Waals surface area contributed by atoms with Gasteiger partial charge in [0.05, 0.1) is 25.2 Å². The second-order valence-corrected chi connectivity index (χ2v) is 16.9. The predicted octanol–water partition coefficient (Wildman–Crippen LogP) is 15.0. The lowest BCUT2D eigenvalue weighted by Gasteiger charge is -2.24. The normalized spacial score (nSPS) is 13.9. The van der Waals surface area contributed by atoms with Crippen LogP contribution in [0.1, 0.15) is 233 Å². The first-order chi connectivity index (χ1) is 29.5. The van der Waals surface area contributed by atoms with Crippen LogP contribution in [0.4, 0.5) is 0 Å². The number of nitrogens with one attached hydrogen (secondary N) is 1. The number of allylic oxidation sites excluding steroid dienone is 12. The van der Waals surface area contributed by atoms with Gasteiger partial charge in [-0.05, 0) is 77.0 Å². The summed E-state index contributed by atoms with van der Waals surface area (Å²) in [5.74, 6) is -0.528. The maximum Gasteiger partial charge on any atom is 0.306 e. The molecule has 0 heterocycles. The molecule has 0 spiro atoms. The summed E-state index contributed by atoms with van der Waals surface area (Å²) in [6, 6.07) is -0.718. The number of ether oxygens (including phenoxy) is 1. The van der Waals surface area contributed by atoms with E-state index in [1.54, 1.807) is 0 Å². The largest absolute Gasteiger partial charge is 0.462 e. The van der Waals surface area contributed by atoms with Crippen LogP contribution in [-0.2, 0) is 14.3 Å². The van der Waals surface area contributed by atoms with Gasteiger partial charge in [-0.15, -0.1) is 0 Å². The van der Waals surface area contributed by atoms with E-state index in [0.29, 0.717) is 19.3 Å². The molecule has 0 bridgehead atoms. The zero-order chi connectivity index (χ0) is 43.8. The summed E-state index contributed by atoms with van der Waals surface area (Å²) in [7, 11) is 0. The lowest BCUT2D eigenvalue weighted by atomic mass is 10.0. The van der Waals surface area contributed by atoms with Crippen LogP contribution in [0, 0.1) is 0 Å². The van der Waals surface area contributed by atoms with E-state index in [0.717, 1.165) is 89.9 Å². The predicted molar refractivity (Wildman–Crippen MR) is 259 cm³/mol. The van der Waals surface area contributed by atoms with Crippen molar-refractivity contribution in [2.75, 3.05) is 6.61 Å². The monoisotopic (exact) mass is 838 g/mol. The van der Waals surface area contributed by atoms with Gasteiger partial charge in [-0.2, -0.15) is 0 Å². The van der Waals surface area contributed by atoms with Crippen LogP contribution in [0.15, 0.2) is 72.9 Å². The summed E-state index contributed by atoms with van der Waals surface area (Å²) < 4.78 is 5.90. The molecule has 0 saturated carbocycles. The van der Waals surface area contributed by atoms with Crippen molar-refractivity contribution in [2.45, 2.75) is 251 Å². The maximum atomic E-state index is 13.2. The SMILES string of the molecule is CC/C=C/C=C/C=C/CCCCCCCCCC(=O)OC(CCCC/C=C/C/C=C/C/C=C/CC)CC(=O)NC(CO)C(O)CCCCCCCCCCCCCCCC. The standard InChI is InChI=1S/C54H95NO5/c1-4-7-10-13-16-19-22-25-27-29-32-35-38-41-44-47-54(59)60-50(45-42-39-36-33-30-24-21-18-15-12-9-6-3)48-53(58)55-51(49-56)52(57)46-43-40-37-34-31-28-26-23-20-17-14-11-8-5-2/h7,9-10,12-13,16,18-19,21-22,30,33,50-52,56-57H,4-6,8,11,14-15,17,20,23-29,31-32,34-49H2,1-3H3,(H,55,58)/b10-7+,12-9+,16-13+,21-18+,22-19+,33-30+. The van der Waals surface area contributed by atoms with Crippen LogP contribution < -0.4 is 5.32 Å². The average Bonchev–Trinajstić information content (AvgIpc) is 3.24. The van der Waals surface area contributed by atoms with E-state index >= 15 is 0 Å². The first kappa shape index (κ1) is 57.3. The summed E-state index contributed by atoms with van der Waals surface area (Å²) in [4.78, 5) is 26.1. The Bertz CT molecular complexity index is 1120. The molecule has 0 fully saturated rings. The Labute approximate surface area is 371 Å². The number of unbranched alkanes of at least 4 members (excludes halogenated alkanes) is 22. The molecule has 3 atom stereocenters. The van der Waals surface area contributed by atoms with Crippen molar-refractivity contribution < 1.29 is 24.5 Å². The van der Waals surface area contributed by atoms with Gasteiger partial charge in [-0.3, -0.25) is 9.59 Å². The molecule has 6 heteroatoms. The van der Waals surface area contributed by atoms with Gasteiger partial charge in [0, 0.05) is 6.42 Å². The quantitative estimate of drug-likeness (QED) is 0.0246. The highest BCUT2D eigenvalue weighted by Crippen LogP contribution is 2.17. The lowest BCUT2D eigenvalue weighted by molar-refractivity contribution is -0.151. The molecule has 0 radical (unpaired) electrons. The van der Waals surface area contributed by atoms with Gasteiger partial charge < -0.3 is 20.3 Å². The molecule has 0 saturated heterocycles. The zero-order valence-corrected chi connectivity index (χ0v) is 39.3. The van der Waals surface area contributed by atoms with E-state index in [9.17, 15) is 19.8 Å². The first-order valence-corrected chi connectivity index (χ1v) is 25.2. The van der Waals surface area contributed by atoms with E-state index in [1.807, 2.05) is 0 Å². The molecule has 0 rings (SSSR count). The van der Waals surface area contributed by atoms with E-state index in [1.165, 1.54) is 96.3 Å². The van der Waals surface area contributed by atoms with E-state index in [2.05, 4.69) is 99.0 Å². The minimum atomic E-state index is -0.802. The van der Waals surface area contributed by atoms with Crippen molar-refractivity contribution in [3.05, 3.63) is 72.9 Å². The number of amides is 1. The van der Waals surface area contributed by atoms with Crippen LogP contribution in [0.2, 0.25) is 0 Å². The third-order valence-corrected chi connectivity index (χ3v) is 11.1. The minimum absolute atomic E-state index is 0.0440. The van der Waals surface area contributed by atoms with Crippen LogP contribution in [0.5, 0.6) is 0 Å². The van der Waals surface area contributed by atoms with Crippen molar-refractivity contribution in [1.29, 1.82) is 0 Å². The van der Waals surface area contributed by atoms with Gasteiger partial charge in [-0.25, -0.2) is 0 Å². The van der Waals surface area contributed by atoms with Crippen molar-refractivity contribution >= 4 is 11.9 Å². The molecular weight excluding hydrogens is 743 g/mol. The van der Waals surface area contributed by atoms with Gasteiger partial charge in [0.15, 0.2) is 0 Å². The Kier molecular flexibility index (Phi) is 45.2. The molecule has 1 amide bonds. The lowest BCUT2D eigenvalue weighted by Crippen LogP contribution is -2.46. The number of carbonyl (C=O) groups excluding carboxylic acids is 2. The third kappa shape index (κ3) is 42.0.